The Morgan fingerprint density at radius 3 is 2.88 bits per heavy atom. The van der Waals surface area contributed by atoms with E-state index in [0.29, 0.717) is 35.4 Å². The lowest BCUT2D eigenvalue weighted by molar-refractivity contribution is 0.641. The Morgan fingerprint density at radius 1 is 1.12 bits per heavy atom. The lowest BCUT2D eigenvalue weighted by Gasteiger charge is -2.25. The molecule has 4 aromatic rings. The van der Waals surface area contributed by atoms with E-state index in [1.165, 1.54) is 0 Å². The number of rotatable bonds is 3. The molecule has 0 aromatic carbocycles. The lowest BCUT2D eigenvalue weighted by Crippen LogP contribution is -2.27. The van der Waals surface area contributed by atoms with Gasteiger partial charge >= 0.3 is 0 Å². The van der Waals surface area contributed by atoms with Crippen molar-refractivity contribution in [2.75, 3.05) is 16.0 Å². The number of nitrogens with zero attached hydrogens (tertiary/aromatic N) is 8. The largest absolute Gasteiger partial charge is 0.396 e. The van der Waals surface area contributed by atoms with E-state index in [1.54, 1.807) is 17.4 Å². The maximum absolute atomic E-state index is 6.25. The number of hydrogen-bond donors (Lipinski definition) is 3. The van der Waals surface area contributed by atoms with Crippen LogP contribution in [0.5, 0.6) is 0 Å². The third-order valence-corrected chi connectivity index (χ3v) is 6.19. The van der Waals surface area contributed by atoms with Crippen molar-refractivity contribution in [3.8, 4) is 0 Å². The highest BCUT2D eigenvalue weighted by molar-refractivity contribution is 5.96. The first kappa shape index (κ1) is 20.0. The minimum Gasteiger partial charge on any atom is -0.396 e. The average Bonchev–Trinajstić information content (AvgIpc) is 3.39. The number of fused-ring (bicyclic) bond motifs is 3. The molecule has 2 aliphatic heterocycles. The van der Waals surface area contributed by atoms with Crippen molar-refractivity contribution >= 4 is 40.4 Å². The second-order valence-corrected chi connectivity index (χ2v) is 8.31. The minimum absolute atomic E-state index is 0.375. The molecule has 0 fully saturated rings. The number of aryl methyl sites for hydroxylation is 2. The molecule has 0 spiro atoms. The van der Waals surface area contributed by atoms with Gasteiger partial charge in [-0.3, -0.25) is 9.58 Å². The van der Waals surface area contributed by atoms with Gasteiger partial charge in [-0.2, -0.15) is 5.10 Å². The molecule has 0 atom stereocenters. The number of hydrogen-bond acceptors (Lipinski definition) is 9. The van der Waals surface area contributed by atoms with Gasteiger partial charge in [0, 0.05) is 54.4 Å². The van der Waals surface area contributed by atoms with Crippen molar-refractivity contribution in [2.45, 2.75) is 26.4 Å². The number of pyridine rings is 2. The van der Waals surface area contributed by atoms with Crippen LogP contribution >= 0.6 is 0 Å². The zero-order chi connectivity index (χ0) is 23.4. The molecule has 5 N–H and O–H groups in total. The molecule has 0 aliphatic carbocycles. The third-order valence-electron chi connectivity index (χ3n) is 6.19. The first-order valence-corrected chi connectivity index (χ1v) is 10.9. The molecule has 0 saturated carbocycles. The van der Waals surface area contributed by atoms with Crippen LogP contribution < -0.4 is 21.7 Å². The van der Waals surface area contributed by atoms with Gasteiger partial charge in [0.1, 0.15) is 29.6 Å². The normalized spacial score (nSPS) is 15.4. The van der Waals surface area contributed by atoms with E-state index in [0.717, 1.165) is 46.8 Å². The fraction of sp³-hybridized carbons (Fsp3) is 0.174. The highest BCUT2D eigenvalue weighted by Gasteiger charge is 2.19. The SMILES string of the molecule is C=C1N=CN(c2cc3cc(Nc4cc5n(n4)Cc4nccn4CC5)ncc3c(N)n2)C(C)=C1N. The van der Waals surface area contributed by atoms with Gasteiger partial charge in [-0.05, 0) is 24.4 Å². The number of nitrogen functional groups attached to an aromatic ring is 1. The van der Waals surface area contributed by atoms with Crippen LogP contribution in [0.2, 0.25) is 0 Å². The topological polar surface area (TPSA) is 141 Å². The quantitative estimate of drug-likeness (QED) is 0.430. The number of imidazole rings is 1. The number of aromatic nitrogens is 6. The van der Waals surface area contributed by atoms with Crippen molar-refractivity contribution in [3.63, 3.8) is 0 Å². The summed E-state index contributed by atoms with van der Waals surface area (Å²) in [5.41, 5.74) is 15.4. The monoisotopic (exact) mass is 453 g/mol. The van der Waals surface area contributed by atoms with Crippen LogP contribution in [0, 0.1) is 0 Å². The highest BCUT2D eigenvalue weighted by atomic mass is 15.3. The molecule has 11 nitrogen and oxygen atoms in total. The molecule has 170 valence electrons. The second-order valence-electron chi connectivity index (χ2n) is 8.31. The molecule has 0 bridgehead atoms. The van der Waals surface area contributed by atoms with E-state index in [-0.39, 0.29) is 0 Å². The summed E-state index contributed by atoms with van der Waals surface area (Å²) >= 11 is 0. The van der Waals surface area contributed by atoms with Gasteiger partial charge in [0.05, 0.1) is 17.9 Å². The molecule has 11 heteroatoms. The van der Waals surface area contributed by atoms with Crippen LogP contribution in [0.4, 0.5) is 23.3 Å². The number of anilines is 4. The summed E-state index contributed by atoms with van der Waals surface area (Å²) in [5, 5.41) is 9.68. The van der Waals surface area contributed by atoms with Gasteiger partial charge in [-0.1, -0.05) is 6.58 Å². The molecule has 6 rings (SSSR count). The molecule has 0 amide bonds. The molecule has 2 aliphatic rings. The van der Waals surface area contributed by atoms with E-state index in [4.69, 9.17) is 16.6 Å². The Labute approximate surface area is 195 Å². The van der Waals surface area contributed by atoms with Crippen LogP contribution in [0.25, 0.3) is 10.8 Å². The molecule has 6 heterocycles. The Kier molecular flexibility index (Phi) is 4.37. The van der Waals surface area contributed by atoms with E-state index in [2.05, 4.69) is 42.5 Å². The lowest BCUT2D eigenvalue weighted by atomic mass is 10.2. The van der Waals surface area contributed by atoms with E-state index >= 15 is 0 Å². The first-order valence-electron chi connectivity index (χ1n) is 10.9. The van der Waals surface area contributed by atoms with Gasteiger partial charge in [0.25, 0.3) is 0 Å². The number of nitrogens with two attached hydrogens (primary N) is 2. The molecular formula is C23H23N11. The summed E-state index contributed by atoms with van der Waals surface area (Å²) in [4.78, 5) is 19.5. The summed E-state index contributed by atoms with van der Waals surface area (Å²) in [6.07, 6.45) is 8.08. The average molecular weight is 454 g/mol. The minimum atomic E-state index is 0.375. The summed E-state index contributed by atoms with van der Waals surface area (Å²) in [7, 11) is 0. The van der Waals surface area contributed by atoms with E-state index in [1.807, 2.05) is 36.1 Å². The van der Waals surface area contributed by atoms with Crippen LogP contribution in [0.3, 0.4) is 0 Å². The van der Waals surface area contributed by atoms with Gasteiger partial charge in [-0.15, -0.1) is 0 Å². The summed E-state index contributed by atoms with van der Waals surface area (Å²) in [6.45, 7) is 7.26. The summed E-state index contributed by atoms with van der Waals surface area (Å²) < 4.78 is 4.15. The Bertz CT molecular complexity index is 1520. The molecule has 0 radical (unpaired) electrons. The second kappa shape index (κ2) is 7.44. The fourth-order valence-electron chi connectivity index (χ4n) is 4.25. The van der Waals surface area contributed by atoms with Crippen molar-refractivity contribution in [3.05, 3.63) is 72.0 Å². The predicted molar refractivity (Wildman–Crippen MR) is 131 cm³/mol. The Morgan fingerprint density at radius 2 is 2.00 bits per heavy atom. The highest BCUT2D eigenvalue weighted by Crippen LogP contribution is 2.30. The summed E-state index contributed by atoms with van der Waals surface area (Å²) in [6, 6.07) is 5.91. The molecular weight excluding hydrogens is 430 g/mol. The van der Waals surface area contributed by atoms with Crippen molar-refractivity contribution in [2.24, 2.45) is 10.7 Å². The fourth-order valence-corrected chi connectivity index (χ4v) is 4.25. The zero-order valence-corrected chi connectivity index (χ0v) is 18.6. The van der Waals surface area contributed by atoms with Crippen LogP contribution in [0.15, 0.2) is 65.5 Å². The molecule has 0 unspecified atom stereocenters. The summed E-state index contributed by atoms with van der Waals surface area (Å²) in [5.74, 6) is 3.38. The van der Waals surface area contributed by atoms with Crippen molar-refractivity contribution in [1.29, 1.82) is 0 Å². The number of aliphatic imine (C=N–C) groups is 1. The first-order chi connectivity index (χ1) is 16.5. The van der Waals surface area contributed by atoms with Gasteiger partial charge in [0.2, 0.25) is 0 Å². The Hall–Kier alpha value is -4.67. The smallest absolute Gasteiger partial charge is 0.153 e. The maximum atomic E-state index is 6.25. The number of allylic oxidation sites excluding steroid dienone is 1. The van der Waals surface area contributed by atoms with Crippen molar-refractivity contribution < 1.29 is 0 Å². The zero-order valence-electron chi connectivity index (χ0n) is 18.6. The van der Waals surface area contributed by atoms with Gasteiger partial charge in [-0.25, -0.2) is 19.9 Å². The molecule has 0 saturated heterocycles. The van der Waals surface area contributed by atoms with Crippen molar-refractivity contribution in [1.82, 2.24) is 29.3 Å². The standard InChI is InChI=1S/C23H23N11/c1-13-22(24)14(2)33(12-28-13)20-8-15-7-18(27-10-17(15)23(25)30-20)29-19-9-16-3-5-32-6-4-26-21(32)11-34(16)31-19/h4,6-10,12H,1,3,5,11,24H2,2H3,(H2,25,30)(H,27,29,31). The maximum Gasteiger partial charge on any atom is 0.153 e. The molecule has 34 heavy (non-hydrogen) atoms. The Balaban J connectivity index is 1.31. The van der Waals surface area contributed by atoms with Gasteiger partial charge < -0.3 is 21.4 Å². The molecule has 4 aromatic heterocycles. The third kappa shape index (κ3) is 3.25. The van der Waals surface area contributed by atoms with Crippen LogP contribution in [-0.2, 0) is 19.5 Å². The van der Waals surface area contributed by atoms with Crippen LogP contribution in [0.1, 0.15) is 18.4 Å². The predicted octanol–water partition coefficient (Wildman–Crippen LogP) is 2.51. The van der Waals surface area contributed by atoms with E-state index in [9.17, 15) is 0 Å². The van der Waals surface area contributed by atoms with E-state index < -0.39 is 0 Å². The number of nitrogens with one attached hydrogen (secondary N) is 1. The van der Waals surface area contributed by atoms with Gasteiger partial charge in [0.15, 0.2) is 5.82 Å². The van der Waals surface area contributed by atoms with Crippen LogP contribution in [-0.4, -0.2) is 35.6 Å².